The van der Waals surface area contributed by atoms with Crippen molar-refractivity contribution in [1.82, 2.24) is 10.2 Å². The first kappa shape index (κ1) is 15.1. The Kier molecular flexibility index (Phi) is 5.29. The van der Waals surface area contributed by atoms with Gasteiger partial charge in [0, 0.05) is 18.1 Å². The van der Waals surface area contributed by atoms with Gasteiger partial charge < -0.3 is 10.2 Å². The van der Waals surface area contributed by atoms with E-state index in [2.05, 4.69) is 45.1 Å². The number of nitrogens with zero attached hydrogens (tertiary/aromatic N) is 1. The normalized spacial score (nSPS) is 13.9. The molecule has 0 saturated carbocycles. The Morgan fingerprint density at radius 3 is 2.22 bits per heavy atom. The van der Waals surface area contributed by atoms with Gasteiger partial charge in [-0.1, -0.05) is 19.1 Å². The highest BCUT2D eigenvalue weighted by molar-refractivity contribution is 5.19. The van der Waals surface area contributed by atoms with Crippen LogP contribution in [0, 0.1) is 5.82 Å². The molecule has 3 heteroatoms. The van der Waals surface area contributed by atoms with Gasteiger partial charge in [0.1, 0.15) is 5.82 Å². The second-order valence-corrected chi connectivity index (χ2v) is 5.60. The predicted octanol–water partition coefficient (Wildman–Crippen LogP) is 3.21. The van der Waals surface area contributed by atoms with Crippen LogP contribution in [-0.4, -0.2) is 31.1 Å². The smallest absolute Gasteiger partial charge is 0.123 e. The highest BCUT2D eigenvalue weighted by Crippen LogP contribution is 2.18. The molecular weight excluding hydrogens is 227 g/mol. The fourth-order valence-electron chi connectivity index (χ4n) is 1.72. The summed E-state index contributed by atoms with van der Waals surface area (Å²) in [7, 11) is 4.17. The maximum absolute atomic E-state index is 12.9. The second-order valence-electron chi connectivity index (χ2n) is 5.60. The lowest BCUT2D eigenvalue weighted by Gasteiger charge is -2.34. The van der Waals surface area contributed by atoms with E-state index in [1.807, 2.05) is 12.1 Å². The van der Waals surface area contributed by atoms with Crippen LogP contribution in [0.25, 0.3) is 0 Å². The molecule has 0 amide bonds. The minimum Gasteiger partial charge on any atom is -0.308 e. The van der Waals surface area contributed by atoms with Crippen LogP contribution in [0.5, 0.6) is 0 Å². The maximum atomic E-state index is 12.9. The number of nitrogens with one attached hydrogen (secondary N) is 1. The van der Waals surface area contributed by atoms with Gasteiger partial charge in [-0.05, 0) is 52.1 Å². The topological polar surface area (TPSA) is 15.3 Å². The zero-order valence-corrected chi connectivity index (χ0v) is 12.1. The summed E-state index contributed by atoms with van der Waals surface area (Å²) in [6.07, 6.45) is 0.995. The van der Waals surface area contributed by atoms with Crippen LogP contribution in [0.1, 0.15) is 38.8 Å². The summed E-state index contributed by atoms with van der Waals surface area (Å²) < 4.78 is 12.9. The number of benzene rings is 1. The molecule has 0 spiro atoms. The third-order valence-electron chi connectivity index (χ3n) is 3.67. The van der Waals surface area contributed by atoms with Crippen LogP contribution in [-0.2, 0) is 0 Å². The number of hydrogen-bond acceptors (Lipinski definition) is 2. The van der Waals surface area contributed by atoms with Crippen LogP contribution in [0.2, 0.25) is 0 Å². The van der Waals surface area contributed by atoms with Crippen molar-refractivity contribution in [3.8, 4) is 0 Å². The molecule has 0 aliphatic rings. The third-order valence-corrected chi connectivity index (χ3v) is 3.67. The number of halogens is 1. The minimum absolute atomic E-state index is 0.105. The van der Waals surface area contributed by atoms with E-state index in [1.54, 1.807) is 0 Å². The summed E-state index contributed by atoms with van der Waals surface area (Å²) in [4.78, 5) is 2.21. The number of likely N-dealkylation sites (N-methyl/N-ethyl adjacent to an activating group) is 1. The zero-order valence-electron chi connectivity index (χ0n) is 12.1. The summed E-state index contributed by atoms with van der Waals surface area (Å²) in [6.45, 7) is 7.45. The molecule has 18 heavy (non-hydrogen) atoms. The van der Waals surface area contributed by atoms with Crippen molar-refractivity contribution >= 4 is 0 Å². The minimum atomic E-state index is -0.178. The van der Waals surface area contributed by atoms with E-state index in [0.29, 0.717) is 0 Å². The first-order chi connectivity index (χ1) is 8.36. The molecule has 1 N–H and O–H groups in total. The molecule has 0 aliphatic carbocycles. The Balaban J connectivity index is 2.66. The van der Waals surface area contributed by atoms with E-state index in [0.717, 1.165) is 18.5 Å². The second kappa shape index (κ2) is 6.30. The first-order valence-electron chi connectivity index (χ1n) is 6.53. The van der Waals surface area contributed by atoms with Gasteiger partial charge in [-0.2, -0.15) is 0 Å². The standard InChI is InChI=1S/C15H25FN2/c1-6-14(12-7-9-13(16)10-8-12)17-11-15(2,3)18(4)5/h7-10,14,17H,6,11H2,1-5H3. The molecule has 0 fully saturated rings. The van der Waals surface area contributed by atoms with Crippen molar-refractivity contribution in [2.75, 3.05) is 20.6 Å². The van der Waals surface area contributed by atoms with Crippen LogP contribution >= 0.6 is 0 Å². The number of rotatable bonds is 6. The number of hydrogen-bond donors (Lipinski definition) is 1. The molecule has 1 rings (SSSR count). The van der Waals surface area contributed by atoms with E-state index >= 15 is 0 Å². The SMILES string of the molecule is CCC(NCC(C)(C)N(C)C)c1ccc(F)cc1. The Morgan fingerprint density at radius 1 is 1.22 bits per heavy atom. The predicted molar refractivity (Wildman–Crippen MR) is 75.2 cm³/mol. The van der Waals surface area contributed by atoms with Gasteiger partial charge in [0.05, 0.1) is 0 Å². The summed E-state index contributed by atoms with van der Waals surface area (Å²) in [5.41, 5.74) is 1.25. The lowest BCUT2D eigenvalue weighted by molar-refractivity contribution is 0.183. The Bertz CT molecular complexity index is 357. The fourth-order valence-corrected chi connectivity index (χ4v) is 1.72. The summed E-state index contributed by atoms with van der Waals surface area (Å²) in [6, 6.07) is 7.05. The largest absolute Gasteiger partial charge is 0.308 e. The van der Waals surface area contributed by atoms with Crippen LogP contribution in [0.3, 0.4) is 0 Å². The third kappa shape index (κ3) is 4.07. The van der Waals surface area contributed by atoms with Crippen molar-refractivity contribution in [1.29, 1.82) is 0 Å². The van der Waals surface area contributed by atoms with Crippen molar-refractivity contribution in [2.45, 2.75) is 38.8 Å². The summed E-state index contributed by atoms with van der Waals surface area (Å²) in [5, 5.41) is 3.56. The van der Waals surface area contributed by atoms with Gasteiger partial charge in [-0.25, -0.2) is 4.39 Å². The van der Waals surface area contributed by atoms with E-state index in [1.165, 1.54) is 12.1 Å². The average molecular weight is 252 g/mol. The highest BCUT2D eigenvalue weighted by atomic mass is 19.1. The van der Waals surface area contributed by atoms with Crippen molar-refractivity contribution in [3.05, 3.63) is 35.6 Å². The van der Waals surface area contributed by atoms with Crippen molar-refractivity contribution in [2.24, 2.45) is 0 Å². The van der Waals surface area contributed by atoms with E-state index in [9.17, 15) is 4.39 Å². The average Bonchev–Trinajstić information content (AvgIpc) is 2.31. The van der Waals surface area contributed by atoms with Gasteiger partial charge in [-0.15, -0.1) is 0 Å². The molecule has 2 nitrogen and oxygen atoms in total. The van der Waals surface area contributed by atoms with Gasteiger partial charge in [0.2, 0.25) is 0 Å². The molecule has 0 bridgehead atoms. The summed E-state index contributed by atoms with van der Waals surface area (Å²) in [5.74, 6) is -0.178. The molecular formula is C15H25FN2. The van der Waals surface area contributed by atoms with E-state index in [4.69, 9.17) is 0 Å². The van der Waals surface area contributed by atoms with Gasteiger partial charge in [0.25, 0.3) is 0 Å². The van der Waals surface area contributed by atoms with E-state index < -0.39 is 0 Å². The Morgan fingerprint density at radius 2 is 1.78 bits per heavy atom. The van der Waals surface area contributed by atoms with Crippen LogP contribution in [0.15, 0.2) is 24.3 Å². The molecule has 0 heterocycles. The molecule has 0 radical (unpaired) electrons. The molecule has 1 aromatic carbocycles. The maximum Gasteiger partial charge on any atom is 0.123 e. The molecule has 102 valence electrons. The Hall–Kier alpha value is -0.930. The molecule has 0 aromatic heterocycles. The molecule has 1 atom stereocenters. The van der Waals surface area contributed by atoms with Crippen LogP contribution in [0.4, 0.5) is 4.39 Å². The quantitative estimate of drug-likeness (QED) is 0.836. The fraction of sp³-hybridized carbons (Fsp3) is 0.600. The highest BCUT2D eigenvalue weighted by Gasteiger charge is 2.21. The van der Waals surface area contributed by atoms with Gasteiger partial charge >= 0.3 is 0 Å². The lowest BCUT2D eigenvalue weighted by atomic mass is 10.0. The molecule has 0 aliphatic heterocycles. The van der Waals surface area contributed by atoms with E-state index in [-0.39, 0.29) is 17.4 Å². The lowest BCUT2D eigenvalue weighted by Crippen LogP contribution is -2.47. The van der Waals surface area contributed by atoms with Gasteiger partial charge in [-0.3, -0.25) is 0 Å². The molecule has 1 aromatic rings. The van der Waals surface area contributed by atoms with Crippen molar-refractivity contribution in [3.63, 3.8) is 0 Å². The zero-order chi connectivity index (χ0) is 13.8. The molecule has 1 unspecified atom stereocenters. The van der Waals surface area contributed by atoms with Crippen LogP contribution < -0.4 is 5.32 Å². The summed E-state index contributed by atoms with van der Waals surface area (Å²) >= 11 is 0. The van der Waals surface area contributed by atoms with Crippen molar-refractivity contribution < 1.29 is 4.39 Å². The van der Waals surface area contributed by atoms with Gasteiger partial charge in [0.15, 0.2) is 0 Å². The monoisotopic (exact) mass is 252 g/mol. The molecule has 0 saturated heterocycles. The Labute approximate surface area is 110 Å². The first-order valence-corrected chi connectivity index (χ1v) is 6.53.